The summed E-state index contributed by atoms with van der Waals surface area (Å²) in [5, 5.41) is 3.68. The van der Waals surface area contributed by atoms with Gasteiger partial charge in [0.05, 0.1) is 12.2 Å². The van der Waals surface area contributed by atoms with Crippen LogP contribution in [-0.2, 0) is 4.74 Å². The van der Waals surface area contributed by atoms with Crippen LogP contribution in [0.3, 0.4) is 0 Å². The Balaban J connectivity index is 2.15. The van der Waals surface area contributed by atoms with Crippen molar-refractivity contribution in [3.8, 4) is 0 Å². The lowest BCUT2D eigenvalue weighted by atomic mass is 9.89. The molecule has 2 unspecified atom stereocenters. The van der Waals surface area contributed by atoms with Crippen molar-refractivity contribution in [3.63, 3.8) is 0 Å². The smallest absolute Gasteiger partial charge is 0.194 e. The number of benzene rings is 2. The third-order valence-electron chi connectivity index (χ3n) is 4.93. The molecule has 2 heterocycles. The van der Waals surface area contributed by atoms with Crippen molar-refractivity contribution in [2.24, 2.45) is 0 Å². The molecule has 2 atom stereocenters. The van der Waals surface area contributed by atoms with E-state index in [1.807, 2.05) is 30.3 Å². The van der Waals surface area contributed by atoms with Crippen molar-refractivity contribution in [2.45, 2.75) is 25.0 Å². The quantitative estimate of drug-likeness (QED) is 0.567. The molecule has 5 rings (SSSR count). The van der Waals surface area contributed by atoms with Gasteiger partial charge in [-0.25, -0.2) is 0 Å². The van der Waals surface area contributed by atoms with Gasteiger partial charge in [-0.2, -0.15) is 0 Å². The number of ether oxygens (including phenoxy) is 1. The first-order valence-corrected chi connectivity index (χ1v) is 8.37. The summed E-state index contributed by atoms with van der Waals surface area (Å²) in [6, 6.07) is 13.9. The number of hydrogen-bond donors (Lipinski definition) is 0. The highest BCUT2D eigenvalue weighted by Gasteiger charge is 2.40. The third-order valence-corrected chi connectivity index (χ3v) is 5.43. The molecule has 0 radical (unpaired) electrons. The van der Waals surface area contributed by atoms with Crippen molar-refractivity contribution in [2.75, 3.05) is 0 Å². The highest BCUT2D eigenvalue weighted by molar-refractivity contribution is 9.10. The topological polar surface area (TPSA) is 26.3 Å². The predicted molar refractivity (Wildman–Crippen MR) is 91.2 cm³/mol. The van der Waals surface area contributed by atoms with Crippen LogP contribution in [0.5, 0.6) is 0 Å². The Hall–Kier alpha value is -1.71. The molecular weight excluding hydrogens is 340 g/mol. The second-order valence-electron chi connectivity index (χ2n) is 6.08. The zero-order valence-corrected chi connectivity index (χ0v) is 13.4. The summed E-state index contributed by atoms with van der Waals surface area (Å²) in [5.74, 6) is 0. The van der Waals surface area contributed by atoms with E-state index in [0.717, 1.165) is 38.9 Å². The summed E-state index contributed by atoms with van der Waals surface area (Å²) in [5.41, 5.74) is 2.58. The molecule has 3 aromatic rings. The molecule has 0 spiro atoms. The maximum absolute atomic E-state index is 13.0. The van der Waals surface area contributed by atoms with Gasteiger partial charge in [-0.1, -0.05) is 40.2 Å². The van der Waals surface area contributed by atoms with Gasteiger partial charge in [-0.3, -0.25) is 4.79 Å². The maximum atomic E-state index is 13.0. The molecule has 0 aliphatic carbocycles. The molecule has 0 N–H and O–H groups in total. The van der Waals surface area contributed by atoms with Gasteiger partial charge in [0, 0.05) is 15.2 Å². The van der Waals surface area contributed by atoms with Crippen molar-refractivity contribution in [1.29, 1.82) is 0 Å². The fraction of sp³-hybridized carbons (Fsp3) is 0.211. The van der Waals surface area contributed by atoms with E-state index >= 15 is 0 Å². The van der Waals surface area contributed by atoms with Gasteiger partial charge < -0.3 is 4.74 Å². The zero-order chi connectivity index (χ0) is 14.8. The molecule has 3 aromatic carbocycles. The van der Waals surface area contributed by atoms with Crippen LogP contribution in [0.4, 0.5) is 0 Å². The summed E-state index contributed by atoms with van der Waals surface area (Å²) in [7, 11) is 0. The molecule has 3 heteroatoms. The summed E-state index contributed by atoms with van der Waals surface area (Å²) in [6.45, 7) is 0. The minimum absolute atomic E-state index is 0.118. The van der Waals surface area contributed by atoms with Crippen LogP contribution in [0, 0.1) is 0 Å². The highest BCUT2D eigenvalue weighted by atomic mass is 79.9. The van der Waals surface area contributed by atoms with E-state index in [4.69, 9.17) is 4.74 Å². The summed E-state index contributed by atoms with van der Waals surface area (Å²) in [6.07, 6.45) is 2.37. The molecule has 0 saturated carbocycles. The normalized spacial score (nSPS) is 22.4. The summed E-state index contributed by atoms with van der Waals surface area (Å²) in [4.78, 5) is 13.0. The van der Waals surface area contributed by atoms with E-state index in [0.29, 0.717) is 0 Å². The summed E-state index contributed by atoms with van der Waals surface area (Å²) < 4.78 is 7.16. The van der Waals surface area contributed by atoms with E-state index in [1.165, 1.54) is 11.1 Å². The third kappa shape index (κ3) is 1.56. The van der Waals surface area contributed by atoms with Crippen LogP contribution in [0.2, 0.25) is 0 Å². The molecule has 1 saturated heterocycles. The van der Waals surface area contributed by atoms with Crippen LogP contribution < -0.4 is 5.43 Å². The van der Waals surface area contributed by atoms with Gasteiger partial charge in [-0.15, -0.1) is 0 Å². The minimum Gasteiger partial charge on any atom is -0.366 e. The largest absolute Gasteiger partial charge is 0.366 e. The second kappa shape index (κ2) is 4.40. The molecule has 0 aromatic heterocycles. The van der Waals surface area contributed by atoms with Gasteiger partial charge in [0.1, 0.15) is 0 Å². The Bertz CT molecular complexity index is 1010. The molecule has 2 bridgehead atoms. The number of rotatable bonds is 0. The molecule has 22 heavy (non-hydrogen) atoms. The van der Waals surface area contributed by atoms with Gasteiger partial charge >= 0.3 is 0 Å². The van der Waals surface area contributed by atoms with E-state index in [-0.39, 0.29) is 17.6 Å². The lowest BCUT2D eigenvalue weighted by Crippen LogP contribution is -1.99. The number of halogens is 1. The van der Waals surface area contributed by atoms with Crippen LogP contribution in [0.1, 0.15) is 36.2 Å². The van der Waals surface area contributed by atoms with Crippen LogP contribution in [0.25, 0.3) is 21.5 Å². The van der Waals surface area contributed by atoms with Gasteiger partial charge in [0.15, 0.2) is 5.43 Å². The van der Waals surface area contributed by atoms with Gasteiger partial charge in [0.25, 0.3) is 0 Å². The van der Waals surface area contributed by atoms with Crippen molar-refractivity contribution >= 4 is 37.5 Å². The molecular formula is C19H13BrO2. The van der Waals surface area contributed by atoms with Crippen molar-refractivity contribution in [3.05, 3.63) is 68.3 Å². The molecule has 1 fully saturated rings. The van der Waals surface area contributed by atoms with E-state index in [9.17, 15) is 4.79 Å². The fourth-order valence-corrected chi connectivity index (χ4v) is 4.41. The van der Waals surface area contributed by atoms with E-state index < -0.39 is 0 Å². The first-order valence-electron chi connectivity index (χ1n) is 7.57. The minimum atomic E-state index is 0.118. The van der Waals surface area contributed by atoms with Crippen molar-refractivity contribution in [1.82, 2.24) is 0 Å². The second-order valence-corrected chi connectivity index (χ2v) is 7.00. The molecule has 2 nitrogen and oxygen atoms in total. The number of hydrogen-bond acceptors (Lipinski definition) is 2. The standard InChI is InChI=1S/C19H13BrO2/c20-10-5-6-13-14(9-10)18-16-8-7-15(22-16)17(18)11-3-1-2-4-12(11)19(13)21/h1-6,9,15-16H,7-8H2. The van der Waals surface area contributed by atoms with E-state index in [1.54, 1.807) is 0 Å². The Morgan fingerprint density at radius 3 is 2.27 bits per heavy atom. The Kier molecular flexibility index (Phi) is 2.56. The average molecular weight is 353 g/mol. The average Bonchev–Trinajstić information content (AvgIpc) is 3.12. The van der Waals surface area contributed by atoms with E-state index in [2.05, 4.69) is 28.1 Å². The van der Waals surface area contributed by atoms with Crippen LogP contribution in [0.15, 0.2) is 51.7 Å². The highest BCUT2D eigenvalue weighted by Crippen LogP contribution is 2.53. The monoisotopic (exact) mass is 352 g/mol. The Morgan fingerprint density at radius 1 is 0.864 bits per heavy atom. The summed E-state index contributed by atoms with van der Waals surface area (Å²) >= 11 is 3.55. The first kappa shape index (κ1) is 12.8. The fourth-order valence-electron chi connectivity index (χ4n) is 4.04. The van der Waals surface area contributed by atoms with Gasteiger partial charge in [0.2, 0.25) is 0 Å². The molecule has 108 valence electrons. The zero-order valence-electron chi connectivity index (χ0n) is 11.8. The number of fused-ring (bicyclic) bond motifs is 9. The van der Waals surface area contributed by atoms with Crippen LogP contribution >= 0.6 is 15.9 Å². The molecule has 0 amide bonds. The van der Waals surface area contributed by atoms with Crippen molar-refractivity contribution < 1.29 is 4.74 Å². The van der Waals surface area contributed by atoms with Gasteiger partial charge in [-0.05, 0) is 52.9 Å². The SMILES string of the molecule is O=c1c2ccccc2c2c(c3cc(Br)ccc13)C1CCC2O1. The Labute approximate surface area is 135 Å². The first-order chi connectivity index (χ1) is 10.7. The van der Waals surface area contributed by atoms with Crippen LogP contribution in [-0.4, -0.2) is 0 Å². The maximum Gasteiger partial charge on any atom is 0.194 e. The lowest BCUT2D eigenvalue weighted by Gasteiger charge is -2.12. The molecule has 2 aliphatic heterocycles. The molecule has 2 aliphatic rings. The lowest BCUT2D eigenvalue weighted by molar-refractivity contribution is 0.0725. The Morgan fingerprint density at radius 2 is 1.50 bits per heavy atom. The predicted octanol–water partition coefficient (Wildman–Crippen LogP) is 5.02.